The second-order valence-corrected chi connectivity index (χ2v) is 5.12. The van der Waals surface area contributed by atoms with Crippen LogP contribution in [0.1, 0.15) is 19.8 Å². The van der Waals surface area contributed by atoms with Gasteiger partial charge >= 0.3 is 0 Å². The Morgan fingerprint density at radius 1 is 1.33 bits per heavy atom. The van der Waals surface area contributed by atoms with Crippen LogP contribution >= 0.6 is 15.9 Å². The molecule has 0 unspecified atom stereocenters. The molecular formula is C12H15BrFN. The van der Waals surface area contributed by atoms with Crippen molar-refractivity contribution in [3.05, 3.63) is 28.5 Å². The van der Waals surface area contributed by atoms with Crippen LogP contribution in [0.4, 0.5) is 10.1 Å². The van der Waals surface area contributed by atoms with Gasteiger partial charge in [-0.2, -0.15) is 0 Å². The Balaban J connectivity index is 2.15. The zero-order valence-corrected chi connectivity index (χ0v) is 10.4. The second kappa shape index (κ2) is 4.52. The minimum absolute atomic E-state index is 0.184. The molecule has 2 rings (SSSR count). The van der Waals surface area contributed by atoms with E-state index < -0.39 is 0 Å². The van der Waals surface area contributed by atoms with Gasteiger partial charge in [-0.25, -0.2) is 4.39 Å². The molecule has 82 valence electrons. The van der Waals surface area contributed by atoms with Gasteiger partial charge in [-0.15, -0.1) is 0 Å². The molecule has 1 nitrogen and oxygen atoms in total. The van der Waals surface area contributed by atoms with E-state index in [1.54, 1.807) is 0 Å². The first-order chi connectivity index (χ1) is 7.16. The first kappa shape index (κ1) is 10.9. The van der Waals surface area contributed by atoms with Crippen molar-refractivity contribution >= 4 is 21.6 Å². The van der Waals surface area contributed by atoms with E-state index in [2.05, 4.69) is 27.8 Å². The second-order valence-electron chi connectivity index (χ2n) is 4.27. The highest BCUT2D eigenvalue weighted by molar-refractivity contribution is 9.10. The molecule has 1 fully saturated rings. The number of nitrogens with zero attached hydrogens (tertiary/aromatic N) is 1. The zero-order valence-electron chi connectivity index (χ0n) is 8.84. The molecule has 1 heterocycles. The molecule has 0 bridgehead atoms. The van der Waals surface area contributed by atoms with Crippen LogP contribution in [0.5, 0.6) is 0 Å². The van der Waals surface area contributed by atoms with Crippen LogP contribution in [0.25, 0.3) is 0 Å². The number of piperidine rings is 1. The fraction of sp³-hybridized carbons (Fsp3) is 0.500. The maximum Gasteiger partial charge on any atom is 0.124 e. The average Bonchev–Trinajstić information content (AvgIpc) is 2.20. The molecular weight excluding hydrogens is 257 g/mol. The number of benzene rings is 1. The first-order valence-electron chi connectivity index (χ1n) is 5.37. The Morgan fingerprint density at radius 3 is 2.60 bits per heavy atom. The highest BCUT2D eigenvalue weighted by atomic mass is 79.9. The molecule has 1 aliphatic heterocycles. The molecule has 0 amide bonds. The van der Waals surface area contributed by atoms with Gasteiger partial charge in [0.15, 0.2) is 0 Å². The Bertz CT molecular complexity index is 345. The molecule has 3 heteroatoms. The Morgan fingerprint density at radius 2 is 2.00 bits per heavy atom. The van der Waals surface area contributed by atoms with Crippen LogP contribution in [0.2, 0.25) is 0 Å². The molecule has 0 aliphatic carbocycles. The van der Waals surface area contributed by atoms with E-state index in [9.17, 15) is 4.39 Å². The summed E-state index contributed by atoms with van der Waals surface area (Å²) < 4.78 is 13.8. The fourth-order valence-corrected chi connectivity index (χ4v) is 2.59. The maximum absolute atomic E-state index is 12.9. The van der Waals surface area contributed by atoms with Crippen LogP contribution in [0, 0.1) is 11.7 Å². The third kappa shape index (κ3) is 2.51. The van der Waals surface area contributed by atoms with Crippen molar-refractivity contribution in [2.24, 2.45) is 5.92 Å². The molecule has 0 saturated carbocycles. The molecule has 0 radical (unpaired) electrons. The van der Waals surface area contributed by atoms with Crippen LogP contribution < -0.4 is 4.90 Å². The van der Waals surface area contributed by atoms with Gasteiger partial charge in [0.25, 0.3) is 0 Å². The van der Waals surface area contributed by atoms with Crippen molar-refractivity contribution in [1.29, 1.82) is 0 Å². The lowest BCUT2D eigenvalue weighted by atomic mass is 9.99. The summed E-state index contributed by atoms with van der Waals surface area (Å²) >= 11 is 3.42. The van der Waals surface area contributed by atoms with Crippen molar-refractivity contribution < 1.29 is 4.39 Å². The quantitative estimate of drug-likeness (QED) is 0.751. The van der Waals surface area contributed by atoms with Crippen molar-refractivity contribution in [3.63, 3.8) is 0 Å². The van der Waals surface area contributed by atoms with Crippen molar-refractivity contribution in [2.45, 2.75) is 19.8 Å². The van der Waals surface area contributed by atoms with E-state index in [1.165, 1.54) is 25.0 Å². The molecule has 0 spiro atoms. The molecule has 15 heavy (non-hydrogen) atoms. The van der Waals surface area contributed by atoms with E-state index in [1.807, 2.05) is 6.07 Å². The third-order valence-corrected chi connectivity index (χ3v) is 3.67. The van der Waals surface area contributed by atoms with E-state index >= 15 is 0 Å². The Labute approximate surface area is 98.4 Å². The van der Waals surface area contributed by atoms with Crippen LogP contribution in [-0.2, 0) is 0 Å². The summed E-state index contributed by atoms with van der Waals surface area (Å²) in [7, 11) is 0. The summed E-state index contributed by atoms with van der Waals surface area (Å²) in [6.45, 7) is 4.44. The molecule has 0 N–H and O–H groups in total. The van der Waals surface area contributed by atoms with Gasteiger partial charge in [0, 0.05) is 17.6 Å². The van der Waals surface area contributed by atoms with E-state index in [4.69, 9.17) is 0 Å². The number of halogens is 2. The average molecular weight is 272 g/mol. The summed E-state index contributed by atoms with van der Waals surface area (Å²) in [4.78, 5) is 2.32. The Hall–Kier alpha value is -0.570. The van der Waals surface area contributed by atoms with Crippen LogP contribution in [0.15, 0.2) is 22.7 Å². The van der Waals surface area contributed by atoms with E-state index in [0.29, 0.717) is 0 Å². The van der Waals surface area contributed by atoms with Crippen molar-refractivity contribution in [2.75, 3.05) is 18.0 Å². The minimum atomic E-state index is -0.184. The number of rotatable bonds is 1. The van der Waals surface area contributed by atoms with Gasteiger partial charge in [-0.3, -0.25) is 0 Å². The van der Waals surface area contributed by atoms with Gasteiger partial charge in [0.1, 0.15) is 5.82 Å². The van der Waals surface area contributed by atoms with Gasteiger partial charge < -0.3 is 4.90 Å². The van der Waals surface area contributed by atoms with Crippen LogP contribution in [-0.4, -0.2) is 13.1 Å². The number of anilines is 1. The SMILES string of the molecule is CC1CCN(c2ccc(F)cc2Br)CC1. The van der Waals surface area contributed by atoms with Gasteiger partial charge in [-0.05, 0) is 52.9 Å². The van der Waals surface area contributed by atoms with Crippen LogP contribution in [0.3, 0.4) is 0 Å². The molecule has 0 aromatic heterocycles. The van der Waals surface area contributed by atoms with Crippen molar-refractivity contribution in [3.8, 4) is 0 Å². The third-order valence-electron chi connectivity index (χ3n) is 3.03. The number of hydrogen-bond acceptors (Lipinski definition) is 1. The normalized spacial score (nSPS) is 18.2. The topological polar surface area (TPSA) is 3.24 Å². The fourth-order valence-electron chi connectivity index (χ4n) is 1.99. The van der Waals surface area contributed by atoms with Gasteiger partial charge in [0.05, 0.1) is 5.69 Å². The predicted octanol–water partition coefficient (Wildman–Crippen LogP) is 3.82. The lowest BCUT2D eigenvalue weighted by molar-refractivity contribution is 0.438. The largest absolute Gasteiger partial charge is 0.371 e. The lowest BCUT2D eigenvalue weighted by Gasteiger charge is -2.32. The summed E-state index contributed by atoms with van der Waals surface area (Å²) in [6, 6.07) is 4.92. The maximum atomic E-state index is 12.9. The minimum Gasteiger partial charge on any atom is -0.371 e. The summed E-state index contributed by atoms with van der Waals surface area (Å²) in [5.74, 6) is 0.636. The monoisotopic (exact) mass is 271 g/mol. The number of hydrogen-bond donors (Lipinski definition) is 0. The summed E-state index contributed by atoms with van der Waals surface area (Å²) in [6.07, 6.45) is 2.45. The molecule has 1 saturated heterocycles. The molecule has 0 atom stereocenters. The predicted molar refractivity (Wildman–Crippen MR) is 64.7 cm³/mol. The van der Waals surface area contributed by atoms with E-state index in [0.717, 1.165) is 29.2 Å². The summed E-state index contributed by atoms with van der Waals surface area (Å²) in [5, 5.41) is 0. The standard InChI is InChI=1S/C12H15BrFN/c1-9-4-6-15(7-5-9)12-3-2-10(14)8-11(12)13/h2-3,8-9H,4-7H2,1H3. The zero-order chi connectivity index (χ0) is 10.8. The molecule has 1 aliphatic rings. The first-order valence-corrected chi connectivity index (χ1v) is 6.16. The van der Waals surface area contributed by atoms with Gasteiger partial charge in [0.2, 0.25) is 0 Å². The van der Waals surface area contributed by atoms with Gasteiger partial charge in [-0.1, -0.05) is 6.92 Å². The smallest absolute Gasteiger partial charge is 0.124 e. The lowest BCUT2D eigenvalue weighted by Crippen LogP contribution is -2.32. The van der Waals surface area contributed by atoms with E-state index in [-0.39, 0.29) is 5.82 Å². The van der Waals surface area contributed by atoms with Crippen molar-refractivity contribution in [1.82, 2.24) is 0 Å². The highest BCUT2D eigenvalue weighted by Crippen LogP contribution is 2.30. The Kier molecular flexibility index (Phi) is 3.29. The molecule has 1 aromatic rings. The summed E-state index contributed by atoms with van der Waals surface area (Å²) in [5.41, 5.74) is 1.11. The highest BCUT2D eigenvalue weighted by Gasteiger charge is 2.17. The molecule has 1 aromatic carbocycles.